The van der Waals surface area contributed by atoms with Gasteiger partial charge in [-0.25, -0.2) is 0 Å². The van der Waals surface area contributed by atoms with E-state index in [1.807, 2.05) is 0 Å². The number of para-hydroxylation sites is 3. The minimum Gasteiger partial charge on any atom is -0.310 e. The van der Waals surface area contributed by atoms with Crippen molar-refractivity contribution in [3.8, 4) is 11.4 Å². The molecule has 4 heteroatoms. The maximum atomic E-state index is 2.53. The van der Waals surface area contributed by atoms with Gasteiger partial charge < -0.3 is 14.0 Å². The van der Waals surface area contributed by atoms with Crippen LogP contribution < -0.4 is 25.6 Å². The molecule has 13 rings (SSSR count). The van der Waals surface area contributed by atoms with E-state index in [0.717, 1.165) is 28.4 Å². The summed E-state index contributed by atoms with van der Waals surface area (Å²) in [7, 11) is -2.82. The van der Waals surface area contributed by atoms with Crippen molar-refractivity contribution in [1.82, 2.24) is 9.13 Å². The van der Waals surface area contributed by atoms with E-state index in [2.05, 4.69) is 275 Å². The predicted octanol–water partition coefficient (Wildman–Crippen LogP) is 13.3. The number of fused-ring (bicyclic) bond motifs is 3. The first-order valence-electron chi connectivity index (χ1n) is 22.8. The summed E-state index contributed by atoms with van der Waals surface area (Å²) in [5.41, 5.74) is 10.3. The van der Waals surface area contributed by atoms with E-state index < -0.39 is 8.07 Å². The molecule has 310 valence electrons. The van der Waals surface area contributed by atoms with Gasteiger partial charge in [0.25, 0.3) is 0 Å². The summed E-state index contributed by atoms with van der Waals surface area (Å²) in [6.45, 7) is 0. The third-order valence-electron chi connectivity index (χ3n) is 13.7. The molecule has 0 fully saturated rings. The van der Waals surface area contributed by atoms with Gasteiger partial charge in [0.05, 0.1) is 22.1 Å². The number of benzene rings is 11. The Bertz CT molecular complexity index is 3750. The standard InChI is InChI=1S/C62H43N3Si/c1-7-21-46(22-8-1)63(50-40-45-35-34-44-20-19-33-59-61(44)62(45)60(42-50)65(59)48-25-11-3-12-26-48)49-36-38-57-55(41-49)56-43-54(37-39-58(56)64(57)47-23-9-2-10-24-47)66(51-27-13-4-14-28-51,52-29-15-5-16-30-52)53-31-17-6-18-32-53/h1-43H. The Morgan fingerprint density at radius 1 is 0.273 bits per heavy atom. The van der Waals surface area contributed by atoms with Crippen molar-refractivity contribution in [1.29, 1.82) is 0 Å². The van der Waals surface area contributed by atoms with E-state index in [-0.39, 0.29) is 0 Å². The number of hydrogen-bond acceptors (Lipinski definition) is 1. The molecule has 0 aliphatic heterocycles. The van der Waals surface area contributed by atoms with E-state index in [4.69, 9.17) is 0 Å². The maximum Gasteiger partial charge on any atom is 0.179 e. The van der Waals surface area contributed by atoms with Gasteiger partial charge in [-0.1, -0.05) is 182 Å². The molecule has 0 saturated carbocycles. The molecule has 0 spiro atoms. The van der Waals surface area contributed by atoms with Crippen LogP contribution in [0.3, 0.4) is 0 Å². The molecule has 0 amide bonds. The van der Waals surface area contributed by atoms with Crippen LogP contribution in [-0.4, -0.2) is 17.2 Å². The van der Waals surface area contributed by atoms with Gasteiger partial charge in [-0.05, 0) is 110 Å². The van der Waals surface area contributed by atoms with Gasteiger partial charge in [0.15, 0.2) is 8.07 Å². The van der Waals surface area contributed by atoms with Gasteiger partial charge in [-0.2, -0.15) is 0 Å². The van der Waals surface area contributed by atoms with Gasteiger partial charge in [-0.15, -0.1) is 0 Å². The lowest BCUT2D eigenvalue weighted by Gasteiger charge is -2.34. The lowest BCUT2D eigenvalue weighted by molar-refractivity contribution is 1.18. The van der Waals surface area contributed by atoms with Gasteiger partial charge in [0, 0.05) is 50.0 Å². The summed E-state index contributed by atoms with van der Waals surface area (Å²) in [5, 5.41) is 12.9. The van der Waals surface area contributed by atoms with Crippen molar-refractivity contribution in [2.45, 2.75) is 0 Å². The zero-order valence-corrected chi connectivity index (χ0v) is 37.2. The van der Waals surface area contributed by atoms with Crippen molar-refractivity contribution < 1.29 is 0 Å². The lowest BCUT2D eigenvalue weighted by Crippen LogP contribution is -2.74. The normalized spacial score (nSPS) is 11.9. The topological polar surface area (TPSA) is 13.1 Å². The van der Waals surface area contributed by atoms with Crippen molar-refractivity contribution >= 4 is 100 Å². The maximum absolute atomic E-state index is 2.82. The van der Waals surface area contributed by atoms with Crippen LogP contribution in [-0.2, 0) is 0 Å². The lowest BCUT2D eigenvalue weighted by atomic mass is 10.0. The van der Waals surface area contributed by atoms with E-state index >= 15 is 0 Å². The SMILES string of the molecule is c1ccc(N(c2ccc3c(c2)c2cc([Si](c4ccccc4)(c4ccccc4)c4ccccc4)ccc2n3-c2ccccc2)c2cc3ccc4cccc5c4c3c(c2)n5-c2ccccc2)cc1. The molecule has 66 heavy (non-hydrogen) atoms. The van der Waals surface area contributed by atoms with Gasteiger partial charge in [0.2, 0.25) is 0 Å². The van der Waals surface area contributed by atoms with Crippen molar-refractivity contribution in [3.05, 3.63) is 261 Å². The molecule has 0 unspecified atom stereocenters. The van der Waals surface area contributed by atoms with Crippen LogP contribution >= 0.6 is 0 Å². The highest BCUT2D eigenvalue weighted by atomic mass is 28.3. The summed E-state index contributed by atoms with van der Waals surface area (Å²) in [4.78, 5) is 2.44. The van der Waals surface area contributed by atoms with Crippen LogP contribution in [0.15, 0.2) is 261 Å². The molecule has 0 aliphatic carbocycles. The Kier molecular flexibility index (Phi) is 8.86. The van der Waals surface area contributed by atoms with Gasteiger partial charge in [-0.3, -0.25) is 0 Å². The quantitative estimate of drug-likeness (QED) is 0.0801. The van der Waals surface area contributed by atoms with E-state index in [1.54, 1.807) is 0 Å². The highest BCUT2D eigenvalue weighted by molar-refractivity contribution is 7.20. The van der Waals surface area contributed by atoms with Gasteiger partial charge >= 0.3 is 0 Å². The molecule has 0 N–H and O–H groups in total. The van der Waals surface area contributed by atoms with Crippen molar-refractivity contribution in [3.63, 3.8) is 0 Å². The first kappa shape index (κ1) is 38.1. The number of hydrogen-bond donors (Lipinski definition) is 0. The van der Waals surface area contributed by atoms with Crippen LogP contribution in [0, 0.1) is 0 Å². The number of anilines is 3. The van der Waals surface area contributed by atoms with Crippen molar-refractivity contribution in [2.24, 2.45) is 0 Å². The summed E-state index contributed by atoms with van der Waals surface area (Å²) in [5.74, 6) is 0. The van der Waals surface area contributed by atoms with E-state index in [9.17, 15) is 0 Å². The molecule has 13 aromatic rings. The molecule has 0 saturated heterocycles. The molecule has 0 radical (unpaired) electrons. The first-order chi connectivity index (χ1) is 32.8. The van der Waals surface area contributed by atoms with E-state index in [0.29, 0.717) is 0 Å². The molecule has 0 atom stereocenters. The third-order valence-corrected chi connectivity index (χ3v) is 18.5. The van der Waals surface area contributed by atoms with E-state index in [1.165, 1.54) is 75.1 Å². The molecular weight excluding hydrogens is 815 g/mol. The zero-order valence-electron chi connectivity index (χ0n) is 36.2. The fourth-order valence-corrected chi connectivity index (χ4v) is 15.8. The summed E-state index contributed by atoms with van der Waals surface area (Å²) >= 11 is 0. The Labute approximate surface area is 384 Å². The third kappa shape index (κ3) is 5.82. The zero-order chi connectivity index (χ0) is 43.6. The highest BCUT2D eigenvalue weighted by Crippen LogP contribution is 2.45. The minimum atomic E-state index is -2.82. The average Bonchev–Trinajstić information content (AvgIpc) is 3.91. The molecule has 2 heterocycles. The van der Waals surface area contributed by atoms with Crippen LogP contribution in [0.1, 0.15) is 0 Å². The van der Waals surface area contributed by atoms with Crippen LogP contribution in [0.4, 0.5) is 17.1 Å². The summed E-state index contributed by atoms with van der Waals surface area (Å²) < 4.78 is 4.89. The molecule has 3 nitrogen and oxygen atoms in total. The summed E-state index contributed by atoms with van der Waals surface area (Å²) in [6.07, 6.45) is 0. The first-order valence-corrected chi connectivity index (χ1v) is 24.8. The van der Waals surface area contributed by atoms with Crippen LogP contribution in [0.25, 0.3) is 65.8 Å². The smallest absolute Gasteiger partial charge is 0.179 e. The van der Waals surface area contributed by atoms with Crippen LogP contribution in [0.2, 0.25) is 0 Å². The Hall–Kier alpha value is -8.44. The van der Waals surface area contributed by atoms with Gasteiger partial charge in [0.1, 0.15) is 0 Å². The Morgan fingerprint density at radius 2 is 0.758 bits per heavy atom. The Balaban J connectivity index is 1.10. The molecule has 2 aromatic heterocycles. The van der Waals surface area contributed by atoms with Crippen LogP contribution in [0.5, 0.6) is 0 Å². The second kappa shape index (κ2) is 15.4. The second-order valence-electron chi connectivity index (χ2n) is 17.3. The number of aromatic nitrogens is 2. The number of rotatable bonds is 9. The largest absolute Gasteiger partial charge is 0.310 e. The minimum absolute atomic E-state index is 1.10. The fourth-order valence-electron chi connectivity index (χ4n) is 11.0. The van der Waals surface area contributed by atoms with Crippen molar-refractivity contribution in [2.75, 3.05) is 4.90 Å². The molecule has 0 aliphatic rings. The second-order valence-corrected chi connectivity index (χ2v) is 21.1. The molecule has 0 bridgehead atoms. The molecule has 11 aromatic carbocycles. The predicted molar refractivity (Wildman–Crippen MR) is 282 cm³/mol. The fraction of sp³-hybridized carbons (Fsp3) is 0. The highest BCUT2D eigenvalue weighted by Gasteiger charge is 2.41. The summed E-state index contributed by atoms with van der Waals surface area (Å²) in [6, 6.07) is 96.6. The monoisotopic (exact) mass is 857 g/mol. The molecular formula is C62H43N3Si. The average molecular weight is 858 g/mol. The Morgan fingerprint density at radius 3 is 1.35 bits per heavy atom. The number of nitrogens with zero attached hydrogens (tertiary/aromatic N) is 3.